The number of amides is 2. The van der Waals surface area contributed by atoms with Crippen LogP contribution in [-0.4, -0.2) is 121 Å². The number of piperidine rings is 2. The molecule has 5 aromatic rings. The fraction of sp³-hybridized carbons (Fsp3) is 0.400. The van der Waals surface area contributed by atoms with Crippen molar-refractivity contribution in [2.75, 3.05) is 56.5 Å². The van der Waals surface area contributed by atoms with Gasteiger partial charge in [-0.25, -0.2) is 18.2 Å². The van der Waals surface area contributed by atoms with Crippen molar-refractivity contribution in [3.05, 3.63) is 113 Å². The molecule has 0 spiro atoms. The van der Waals surface area contributed by atoms with Crippen LogP contribution < -0.4 is 24.4 Å². The lowest BCUT2D eigenvalue weighted by Crippen LogP contribution is -2.49. The highest BCUT2D eigenvalue weighted by Crippen LogP contribution is 2.40. The number of carbonyl (C=O) groups excluding carboxylic acids is 3. The van der Waals surface area contributed by atoms with E-state index in [-0.39, 0.29) is 43.0 Å². The molecule has 3 saturated heterocycles. The Bertz CT molecular complexity index is 2970. The zero-order valence-electron chi connectivity index (χ0n) is 38.3. The number of pyridine rings is 1. The summed E-state index contributed by atoms with van der Waals surface area (Å²) in [7, 11) is -0.636. The van der Waals surface area contributed by atoms with Crippen molar-refractivity contribution in [1.82, 2.24) is 29.4 Å². The number of methoxy groups -OCH3 is 1. The molecule has 4 aliphatic heterocycles. The Morgan fingerprint density at radius 1 is 1.00 bits per heavy atom. The predicted octanol–water partition coefficient (Wildman–Crippen LogP) is 6.95. The van der Waals surface area contributed by atoms with Crippen LogP contribution in [0.25, 0.3) is 22.2 Å². The maximum absolute atomic E-state index is 15.8. The van der Waals surface area contributed by atoms with Gasteiger partial charge in [-0.1, -0.05) is 18.7 Å². The topological polar surface area (TPSA) is 170 Å². The van der Waals surface area contributed by atoms with Crippen molar-refractivity contribution in [3.63, 3.8) is 0 Å². The molecule has 15 nitrogen and oxygen atoms in total. The van der Waals surface area contributed by atoms with Crippen molar-refractivity contribution < 1.29 is 45.4 Å². The SMILES string of the molecule is C=C1CCC(N2Cc3cc(OC4CC(N(C)CC5CCN(c6ccc(-c7cnc8[nH]cc(C(=O)c9c(F)ccc(NS(=O)(=O)N%10CC[C@@H](F)C%10)c9F)c8c7)cc6)CC5)C4)cc(OC)c3C2=O)C(=O)N1. The molecule has 3 N–H and O–H groups in total. The molecular weight excluding hydrogens is 914 g/mol. The average Bonchev–Trinajstić information content (AvgIpc) is 4.05. The van der Waals surface area contributed by atoms with Crippen LogP contribution in [0.2, 0.25) is 0 Å². The van der Waals surface area contributed by atoms with Gasteiger partial charge in [0.25, 0.3) is 5.91 Å². The van der Waals surface area contributed by atoms with E-state index >= 15 is 8.78 Å². The normalized spacial score (nSPS) is 22.3. The van der Waals surface area contributed by atoms with Gasteiger partial charge in [0.05, 0.1) is 23.9 Å². The Labute approximate surface area is 397 Å². The van der Waals surface area contributed by atoms with Gasteiger partial charge in [-0.2, -0.15) is 12.7 Å². The standard InChI is InChI=1S/C50H53F3N8O7S/c1-28-4-11-42(49(63)56-28)61-26-32-18-36(22-43(67-3)44(32)50(61)64)68-37-20-35(21-37)58(2)25-29-12-15-59(16-13-29)34-7-5-30(6-8-34)31-19-38-39(24-55-48(38)54-23-31)47(62)45-40(52)9-10-41(46(45)53)57-69(65,66)60-17-14-33(51)27-60/h5-10,18-19,22-24,29,33,35,37,42,57H,1,4,11-17,20-21,25-27H2,2-3H3,(H,54,55)(H,56,63)/t33-,35?,37?,42?/m1/s1. The number of fused-ring (bicyclic) bond motifs is 2. The monoisotopic (exact) mass is 966 g/mol. The summed E-state index contributed by atoms with van der Waals surface area (Å²) in [6.07, 6.45) is 6.69. The maximum atomic E-state index is 15.8. The molecule has 69 heavy (non-hydrogen) atoms. The van der Waals surface area contributed by atoms with Crippen LogP contribution in [0.1, 0.15) is 76.8 Å². The molecule has 2 amide bonds. The minimum atomic E-state index is -4.36. The van der Waals surface area contributed by atoms with Gasteiger partial charge in [0, 0.05) is 105 Å². The van der Waals surface area contributed by atoms with Gasteiger partial charge < -0.3 is 34.5 Å². The lowest BCUT2D eigenvalue weighted by Gasteiger charge is -2.43. The number of alkyl halides is 1. The summed E-state index contributed by atoms with van der Waals surface area (Å²) in [5.74, 6) is -2.32. The lowest BCUT2D eigenvalue weighted by atomic mass is 9.86. The zero-order valence-corrected chi connectivity index (χ0v) is 39.1. The summed E-state index contributed by atoms with van der Waals surface area (Å²) in [5.41, 5.74) is 3.26. The number of carbonyl (C=O) groups is 3. The zero-order chi connectivity index (χ0) is 48.3. The highest BCUT2D eigenvalue weighted by atomic mass is 32.2. The number of benzene rings is 3. The van der Waals surface area contributed by atoms with E-state index in [4.69, 9.17) is 9.47 Å². The molecule has 5 aliphatic rings. The number of aromatic nitrogens is 2. The van der Waals surface area contributed by atoms with Crippen molar-refractivity contribution in [2.45, 2.75) is 75.8 Å². The van der Waals surface area contributed by atoms with Gasteiger partial charge in [-0.05, 0) is 92.6 Å². The molecule has 0 bridgehead atoms. The molecule has 362 valence electrons. The van der Waals surface area contributed by atoms with Crippen LogP contribution in [0, 0.1) is 17.6 Å². The first-order chi connectivity index (χ1) is 33.1. The smallest absolute Gasteiger partial charge is 0.301 e. The van der Waals surface area contributed by atoms with Crippen LogP contribution in [0.4, 0.5) is 24.5 Å². The molecule has 1 saturated carbocycles. The van der Waals surface area contributed by atoms with Gasteiger partial charge in [0.2, 0.25) is 11.7 Å². The number of ketones is 1. The highest BCUT2D eigenvalue weighted by Gasteiger charge is 2.41. The van der Waals surface area contributed by atoms with Crippen LogP contribution in [-0.2, 0) is 21.5 Å². The molecule has 2 aromatic heterocycles. The van der Waals surface area contributed by atoms with E-state index in [9.17, 15) is 27.2 Å². The Balaban J connectivity index is 0.720. The average molecular weight is 967 g/mol. The molecule has 2 atom stereocenters. The van der Waals surface area contributed by atoms with Crippen LogP contribution >= 0.6 is 0 Å². The van der Waals surface area contributed by atoms with E-state index in [1.54, 1.807) is 23.2 Å². The van der Waals surface area contributed by atoms with E-state index < -0.39 is 51.1 Å². The summed E-state index contributed by atoms with van der Waals surface area (Å²) in [6.45, 7) is 6.49. The number of nitrogens with zero attached hydrogens (tertiary/aromatic N) is 5. The van der Waals surface area contributed by atoms with E-state index in [1.807, 2.05) is 35.1 Å². The minimum absolute atomic E-state index is 0.00315. The summed E-state index contributed by atoms with van der Waals surface area (Å²) in [4.78, 5) is 53.7. The summed E-state index contributed by atoms with van der Waals surface area (Å²) < 4.78 is 85.3. The van der Waals surface area contributed by atoms with Gasteiger partial charge in [0.1, 0.15) is 41.3 Å². The number of halogens is 3. The number of rotatable bonds is 14. The van der Waals surface area contributed by atoms with Crippen LogP contribution in [0.15, 0.2) is 79.3 Å². The number of ether oxygens (including phenoxy) is 2. The Hall–Kier alpha value is -6.44. The lowest BCUT2D eigenvalue weighted by molar-refractivity contribution is -0.126. The molecule has 1 unspecified atom stereocenters. The molecule has 10 rings (SSSR count). The Kier molecular flexibility index (Phi) is 12.4. The second kappa shape index (κ2) is 18.5. The third kappa shape index (κ3) is 9.02. The number of hydrogen-bond donors (Lipinski definition) is 3. The quantitative estimate of drug-likeness (QED) is 0.0991. The van der Waals surface area contributed by atoms with E-state index in [0.717, 1.165) is 78.6 Å². The van der Waals surface area contributed by atoms with Crippen molar-refractivity contribution >= 4 is 50.2 Å². The largest absolute Gasteiger partial charge is 0.496 e. The Morgan fingerprint density at radius 2 is 1.77 bits per heavy atom. The summed E-state index contributed by atoms with van der Waals surface area (Å²) in [6, 6.07) is 15.0. The van der Waals surface area contributed by atoms with Crippen molar-refractivity contribution in [1.29, 1.82) is 0 Å². The van der Waals surface area contributed by atoms with Gasteiger partial charge in [0.15, 0.2) is 5.82 Å². The number of nitrogens with one attached hydrogen (secondary N) is 3. The molecule has 19 heteroatoms. The van der Waals surface area contributed by atoms with E-state index in [2.05, 4.69) is 38.7 Å². The first kappa shape index (κ1) is 46.3. The molecular formula is C50H53F3N8O7S. The molecule has 4 fully saturated rings. The number of H-pyrrole nitrogens is 1. The molecule has 1 aliphatic carbocycles. The maximum Gasteiger partial charge on any atom is 0.301 e. The first-order valence-corrected chi connectivity index (χ1v) is 24.7. The van der Waals surface area contributed by atoms with Crippen LogP contribution in [0.5, 0.6) is 11.5 Å². The van der Waals surface area contributed by atoms with Gasteiger partial charge in [-0.15, -0.1) is 0 Å². The second-order valence-electron chi connectivity index (χ2n) is 18.8. The van der Waals surface area contributed by atoms with Crippen molar-refractivity contribution in [3.8, 4) is 22.6 Å². The molecule has 0 radical (unpaired) electrons. The number of anilines is 2. The molecule has 6 heterocycles. The van der Waals surface area contributed by atoms with Gasteiger partial charge >= 0.3 is 10.2 Å². The van der Waals surface area contributed by atoms with Crippen LogP contribution in [0.3, 0.4) is 0 Å². The predicted molar refractivity (Wildman–Crippen MR) is 253 cm³/mol. The fourth-order valence-corrected chi connectivity index (χ4v) is 11.6. The fourth-order valence-electron chi connectivity index (χ4n) is 10.4. The second-order valence-corrected chi connectivity index (χ2v) is 20.5. The summed E-state index contributed by atoms with van der Waals surface area (Å²) >= 11 is 0. The van der Waals surface area contributed by atoms with Crippen molar-refractivity contribution in [2.24, 2.45) is 5.92 Å². The van der Waals surface area contributed by atoms with E-state index in [1.165, 1.54) is 13.3 Å². The minimum Gasteiger partial charge on any atom is -0.496 e. The third-order valence-electron chi connectivity index (χ3n) is 14.4. The highest BCUT2D eigenvalue weighted by molar-refractivity contribution is 7.90. The third-order valence-corrected chi connectivity index (χ3v) is 15.9. The first-order valence-electron chi connectivity index (χ1n) is 23.3. The van der Waals surface area contributed by atoms with E-state index in [0.29, 0.717) is 70.7 Å². The molecule has 3 aromatic carbocycles. The van der Waals surface area contributed by atoms with Gasteiger partial charge in [-0.3, -0.25) is 19.1 Å². The number of aromatic amines is 1. The number of hydrogen-bond acceptors (Lipinski definition) is 10. The Morgan fingerprint density at radius 3 is 2.48 bits per heavy atom. The summed E-state index contributed by atoms with van der Waals surface area (Å²) in [5, 5.41) is 3.12. The number of allylic oxidation sites excluding steroid dienone is 1.